The van der Waals surface area contributed by atoms with Crippen LogP contribution >= 0.6 is 0 Å². The molecule has 0 atom stereocenters. The molecule has 17 heavy (non-hydrogen) atoms. The third kappa shape index (κ3) is 3.60. The fourth-order valence-electron chi connectivity index (χ4n) is 1.58. The van der Waals surface area contributed by atoms with E-state index in [1.54, 1.807) is 6.92 Å². The highest BCUT2D eigenvalue weighted by atomic mass is 16.6. The lowest BCUT2D eigenvalue weighted by molar-refractivity contribution is 0.0175. The molecular formula is C13H20O4. The van der Waals surface area contributed by atoms with Gasteiger partial charge in [0.15, 0.2) is 0 Å². The second kappa shape index (κ2) is 5.87. The van der Waals surface area contributed by atoms with E-state index in [2.05, 4.69) is 0 Å². The molecule has 0 amide bonds. The Morgan fingerprint density at radius 2 is 1.82 bits per heavy atom. The molecule has 4 nitrogen and oxygen atoms in total. The molecule has 0 unspecified atom stereocenters. The molecule has 0 N–H and O–H groups in total. The summed E-state index contributed by atoms with van der Waals surface area (Å²) in [4.78, 5) is 11.8. The Balaban J connectivity index is 2.53. The molecule has 0 aliphatic rings. The SMILES string of the molecule is Cc1oc(C)c(C(=O)OCCOC(C)C)c1C. The molecular weight excluding hydrogens is 220 g/mol. The zero-order valence-electron chi connectivity index (χ0n) is 11.1. The molecule has 0 fully saturated rings. The maximum atomic E-state index is 11.8. The highest BCUT2D eigenvalue weighted by Crippen LogP contribution is 2.21. The molecule has 0 aliphatic carbocycles. The molecule has 1 aromatic rings. The summed E-state index contributed by atoms with van der Waals surface area (Å²) in [6.45, 7) is 10.0. The minimum absolute atomic E-state index is 0.147. The van der Waals surface area contributed by atoms with Crippen LogP contribution in [0.2, 0.25) is 0 Å². The van der Waals surface area contributed by atoms with Gasteiger partial charge in [-0.2, -0.15) is 0 Å². The van der Waals surface area contributed by atoms with Gasteiger partial charge in [-0.05, 0) is 34.6 Å². The smallest absolute Gasteiger partial charge is 0.342 e. The molecule has 0 saturated carbocycles. The largest absolute Gasteiger partial charge is 0.465 e. The fraction of sp³-hybridized carbons (Fsp3) is 0.615. The first-order chi connectivity index (χ1) is 7.93. The van der Waals surface area contributed by atoms with Crippen molar-refractivity contribution in [1.29, 1.82) is 0 Å². The number of hydrogen-bond donors (Lipinski definition) is 0. The zero-order valence-corrected chi connectivity index (χ0v) is 11.1. The summed E-state index contributed by atoms with van der Waals surface area (Å²) in [7, 11) is 0. The Morgan fingerprint density at radius 1 is 1.18 bits per heavy atom. The maximum absolute atomic E-state index is 11.8. The summed E-state index contributed by atoms with van der Waals surface area (Å²) in [5.41, 5.74) is 1.38. The van der Waals surface area contributed by atoms with Gasteiger partial charge in [0.1, 0.15) is 23.7 Å². The van der Waals surface area contributed by atoms with Crippen LogP contribution < -0.4 is 0 Å². The van der Waals surface area contributed by atoms with E-state index in [4.69, 9.17) is 13.9 Å². The quantitative estimate of drug-likeness (QED) is 0.586. The Kier molecular flexibility index (Phi) is 4.75. The molecule has 96 valence electrons. The summed E-state index contributed by atoms with van der Waals surface area (Å²) >= 11 is 0. The van der Waals surface area contributed by atoms with E-state index in [9.17, 15) is 4.79 Å². The molecule has 0 aromatic carbocycles. The average Bonchev–Trinajstić information content (AvgIpc) is 2.48. The number of rotatable bonds is 5. The fourth-order valence-corrected chi connectivity index (χ4v) is 1.58. The van der Waals surface area contributed by atoms with Crippen LogP contribution in [0.4, 0.5) is 0 Å². The minimum Gasteiger partial charge on any atom is -0.465 e. The van der Waals surface area contributed by atoms with Crippen molar-refractivity contribution in [3.8, 4) is 0 Å². The monoisotopic (exact) mass is 240 g/mol. The first-order valence-electron chi connectivity index (χ1n) is 5.78. The molecule has 0 spiro atoms. The Labute approximate surface area is 102 Å². The summed E-state index contributed by atoms with van der Waals surface area (Å²) in [6, 6.07) is 0. The van der Waals surface area contributed by atoms with E-state index >= 15 is 0 Å². The van der Waals surface area contributed by atoms with Crippen molar-refractivity contribution < 1.29 is 18.7 Å². The van der Waals surface area contributed by atoms with E-state index in [-0.39, 0.29) is 18.7 Å². The molecule has 0 bridgehead atoms. The Hall–Kier alpha value is -1.29. The van der Waals surface area contributed by atoms with Crippen LogP contribution in [0.3, 0.4) is 0 Å². The zero-order chi connectivity index (χ0) is 13.0. The standard InChI is InChI=1S/C13H20O4/c1-8(2)15-6-7-16-13(14)12-9(3)10(4)17-11(12)5/h8H,6-7H2,1-5H3. The number of esters is 1. The Morgan fingerprint density at radius 3 is 2.29 bits per heavy atom. The number of ether oxygens (including phenoxy) is 2. The summed E-state index contributed by atoms with van der Waals surface area (Å²) in [5.74, 6) is 1.02. The highest BCUT2D eigenvalue weighted by molar-refractivity contribution is 5.92. The second-order valence-electron chi connectivity index (χ2n) is 4.27. The normalized spacial score (nSPS) is 10.9. The van der Waals surface area contributed by atoms with Gasteiger partial charge in [0.25, 0.3) is 0 Å². The van der Waals surface area contributed by atoms with Crippen molar-refractivity contribution in [2.24, 2.45) is 0 Å². The number of carbonyl (C=O) groups is 1. The molecule has 4 heteroatoms. The van der Waals surface area contributed by atoms with Crippen LogP contribution in [0, 0.1) is 20.8 Å². The van der Waals surface area contributed by atoms with Gasteiger partial charge in [-0.1, -0.05) is 0 Å². The van der Waals surface area contributed by atoms with Crippen molar-refractivity contribution in [2.45, 2.75) is 40.7 Å². The van der Waals surface area contributed by atoms with Gasteiger partial charge in [0.05, 0.1) is 12.7 Å². The second-order valence-corrected chi connectivity index (χ2v) is 4.27. The van der Waals surface area contributed by atoms with Gasteiger partial charge in [-0.3, -0.25) is 0 Å². The average molecular weight is 240 g/mol. The van der Waals surface area contributed by atoms with Gasteiger partial charge in [0, 0.05) is 5.56 Å². The topological polar surface area (TPSA) is 48.7 Å². The van der Waals surface area contributed by atoms with Crippen molar-refractivity contribution in [3.63, 3.8) is 0 Å². The third-order valence-electron chi connectivity index (χ3n) is 2.53. The van der Waals surface area contributed by atoms with E-state index < -0.39 is 0 Å². The van der Waals surface area contributed by atoms with Crippen LogP contribution in [0.15, 0.2) is 4.42 Å². The summed E-state index contributed by atoms with van der Waals surface area (Å²) in [5, 5.41) is 0. The number of furan rings is 1. The number of aryl methyl sites for hydroxylation is 2. The van der Waals surface area contributed by atoms with E-state index in [1.807, 2.05) is 27.7 Å². The summed E-state index contributed by atoms with van der Waals surface area (Å²) in [6.07, 6.45) is 0.147. The number of carbonyl (C=O) groups excluding carboxylic acids is 1. The van der Waals surface area contributed by atoms with Gasteiger partial charge < -0.3 is 13.9 Å². The molecule has 1 aromatic heterocycles. The lowest BCUT2D eigenvalue weighted by Gasteiger charge is -2.08. The van der Waals surface area contributed by atoms with Crippen molar-refractivity contribution in [3.05, 3.63) is 22.6 Å². The van der Waals surface area contributed by atoms with Crippen molar-refractivity contribution in [2.75, 3.05) is 13.2 Å². The lowest BCUT2D eigenvalue weighted by Crippen LogP contribution is -2.14. The molecule has 1 heterocycles. The predicted molar refractivity (Wildman–Crippen MR) is 64.3 cm³/mol. The minimum atomic E-state index is -0.343. The van der Waals surface area contributed by atoms with E-state index in [1.165, 1.54) is 0 Å². The first-order valence-corrected chi connectivity index (χ1v) is 5.78. The predicted octanol–water partition coefficient (Wildman–Crippen LogP) is 2.79. The molecule has 0 aliphatic heterocycles. The van der Waals surface area contributed by atoms with Crippen LogP contribution in [-0.2, 0) is 9.47 Å². The van der Waals surface area contributed by atoms with E-state index in [0.717, 1.165) is 11.3 Å². The number of hydrogen-bond acceptors (Lipinski definition) is 4. The van der Waals surface area contributed by atoms with Crippen molar-refractivity contribution >= 4 is 5.97 Å². The lowest BCUT2D eigenvalue weighted by atomic mass is 10.1. The van der Waals surface area contributed by atoms with Crippen molar-refractivity contribution in [1.82, 2.24) is 0 Å². The maximum Gasteiger partial charge on any atom is 0.342 e. The van der Waals surface area contributed by atoms with Crippen LogP contribution in [0.25, 0.3) is 0 Å². The van der Waals surface area contributed by atoms with Crippen LogP contribution in [-0.4, -0.2) is 25.3 Å². The van der Waals surface area contributed by atoms with Gasteiger partial charge in [-0.25, -0.2) is 4.79 Å². The van der Waals surface area contributed by atoms with Gasteiger partial charge in [-0.15, -0.1) is 0 Å². The third-order valence-corrected chi connectivity index (χ3v) is 2.53. The van der Waals surface area contributed by atoms with Gasteiger partial charge in [0.2, 0.25) is 0 Å². The van der Waals surface area contributed by atoms with Gasteiger partial charge >= 0.3 is 5.97 Å². The van der Waals surface area contributed by atoms with Crippen LogP contribution in [0.1, 0.15) is 41.3 Å². The highest BCUT2D eigenvalue weighted by Gasteiger charge is 2.19. The first kappa shape index (κ1) is 13.8. The van der Waals surface area contributed by atoms with Crippen LogP contribution in [0.5, 0.6) is 0 Å². The molecule has 1 rings (SSSR count). The van der Waals surface area contributed by atoms with E-state index in [0.29, 0.717) is 17.9 Å². The summed E-state index contributed by atoms with van der Waals surface area (Å²) < 4.78 is 15.8. The molecule has 0 radical (unpaired) electrons. The Bertz CT molecular complexity index is 390. The molecule has 0 saturated heterocycles.